The summed E-state index contributed by atoms with van der Waals surface area (Å²) in [6.45, 7) is 1.44. The Kier molecular flexibility index (Phi) is 2.63. The monoisotopic (exact) mass is 221 g/mol. The third-order valence-corrected chi connectivity index (χ3v) is 2.22. The van der Waals surface area contributed by atoms with Crippen molar-refractivity contribution < 1.29 is 9.90 Å². The average Bonchev–Trinajstić information content (AvgIpc) is 2.73. The number of carbonyl (C=O) groups is 1. The zero-order valence-corrected chi connectivity index (χ0v) is 8.58. The highest BCUT2D eigenvalue weighted by molar-refractivity contribution is 5.98. The number of fused-ring (bicyclic) bond motifs is 1. The van der Waals surface area contributed by atoms with E-state index in [-0.39, 0.29) is 5.82 Å². The molecule has 2 heterocycles. The van der Waals surface area contributed by atoms with Crippen molar-refractivity contribution in [3.8, 4) is 0 Å². The standard InChI is InChI=1S/C9H11N5O2/c1-4(15)6(10)7(16)9-11-2-5-8(14-9)13-3-12-5/h2-4,6,15H,10H2,1H3,(H,11,12,13,14). The number of aliphatic hydroxyl groups is 1. The maximum absolute atomic E-state index is 11.7. The summed E-state index contributed by atoms with van der Waals surface area (Å²) in [4.78, 5) is 26.2. The van der Waals surface area contributed by atoms with Gasteiger partial charge in [0.2, 0.25) is 5.78 Å². The predicted octanol–water partition coefficient (Wildman–Crippen LogP) is -0.756. The van der Waals surface area contributed by atoms with Gasteiger partial charge in [0.25, 0.3) is 0 Å². The number of H-pyrrole nitrogens is 1. The Balaban J connectivity index is 2.36. The minimum Gasteiger partial charge on any atom is -0.391 e. The summed E-state index contributed by atoms with van der Waals surface area (Å²) in [6, 6.07) is -1.02. The van der Waals surface area contributed by atoms with E-state index in [2.05, 4.69) is 19.9 Å². The van der Waals surface area contributed by atoms with E-state index >= 15 is 0 Å². The van der Waals surface area contributed by atoms with E-state index in [0.29, 0.717) is 11.2 Å². The summed E-state index contributed by atoms with van der Waals surface area (Å²) in [5.41, 5.74) is 6.54. The number of nitrogens with two attached hydrogens (primary N) is 1. The third-order valence-electron chi connectivity index (χ3n) is 2.22. The first kappa shape index (κ1) is 10.7. The van der Waals surface area contributed by atoms with Crippen molar-refractivity contribution in [3.63, 3.8) is 0 Å². The lowest BCUT2D eigenvalue weighted by molar-refractivity contribution is 0.0837. The Bertz CT molecular complexity index is 521. The minimum absolute atomic E-state index is 0.0343. The Morgan fingerprint density at radius 2 is 2.31 bits per heavy atom. The first-order valence-electron chi connectivity index (χ1n) is 4.73. The summed E-state index contributed by atoms with van der Waals surface area (Å²) in [5, 5.41) is 9.20. The van der Waals surface area contributed by atoms with Gasteiger partial charge < -0.3 is 15.8 Å². The zero-order valence-electron chi connectivity index (χ0n) is 8.58. The molecule has 0 saturated carbocycles. The molecule has 0 radical (unpaired) electrons. The molecule has 7 nitrogen and oxygen atoms in total. The van der Waals surface area contributed by atoms with Crippen LogP contribution in [-0.4, -0.2) is 43.0 Å². The second kappa shape index (κ2) is 3.95. The normalized spacial score (nSPS) is 14.9. The number of Topliss-reactive ketones (excluding diaryl/α,β-unsaturated/α-hetero) is 1. The van der Waals surface area contributed by atoms with Crippen LogP contribution in [0.1, 0.15) is 17.5 Å². The van der Waals surface area contributed by atoms with Gasteiger partial charge in [-0.1, -0.05) is 0 Å². The molecule has 0 aliphatic rings. The van der Waals surface area contributed by atoms with Gasteiger partial charge >= 0.3 is 0 Å². The molecule has 16 heavy (non-hydrogen) atoms. The molecule has 0 fully saturated rings. The maximum Gasteiger partial charge on any atom is 0.219 e. The fourth-order valence-corrected chi connectivity index (χ4v) is 1.22. The van der Waals surface area contributed by atoms with Crippen LogP contribution < -0.4 is 5.73 Å². The molecular formula is C9H11N5O2. The highest BCUT2D eigenvalue weighted by Crippen LogP contribution is 2.06. The fraction of sp³-hybridized carbons (Fsp3) is 0.333. The molecule has 0 aliphatic carbocycles. The molecule has 0 bridgehead atoms. The van der Waals surface area contributed by atoms with Crippen molar-refractivity contribution in [1.82, 2.24) is 19.9 Å². The number of aromatic amines is 1. The van der Waals surface area contributed by atoms with Crippen LogP contribution in [0, 0.1) is 0 Å². The summed E-state index contributed by atoms with van der Waals surface area (Å²) < 4.78 is 0. The van der Waals surface area contributed by atoms with Gasteiger partial charge in [-0.2, -0.15) is 0 Å². The minimum atomic E-state index is -1.02. The fourth-order valence-electron chi connectivity index (χ4n) is 1.22. The smallest absolute Gasteiger partial charge is 0.219 e. The van der Waals surface area contributed by atoms with Crippen molar-refractivity contribution in [3.05, 3.63) is 18.3 Å². The molecule has 0 amide bonds. The number of hydrogen-bond acceptors (Lipinski definition) is 6. The molecule has 2 unspecified atom stereocenters. The number of nitrogens with one attached hydrogen (secondary N) is 1. The van der Waals surface area contributed by atoms with E-state index in [1.165, 1.54) is 19.4 Å². The lowest BCUT2D eigenvalue weighted by atomic mass is 10.1. The van der Waals surface area contributed by atoms with E-state index in [4.69, 9.17) is 5.73 Å². The van der Waals surface area contributed by atoms with Gasteiger partial charge in [0.1, 0.15) is 5.52 Å². The van der Waals surface area contributed by atoms with Crippen molar-refractivity contribution in [2.24, 2.45) is 5.73 Å². The van der Waals surface area contributed by atoms with Gasteiger partial charge in [0.05, 0.1) is 24.7 Å². The van der Waals surface area contributed by atoms with Crippen LogP contribution in [0.25, 0.3) is 11.2 Å². The van der Waals surface area contributed by atoms with Crippen molar-refractivity contribution in [2.75, 3.05) is 0 Å². The summed E-state index contributed by atoms with van der Waals surface area (Å²) in [5.74, 6) is -0.534. The number of ketones is 1. The molecule has 2 rings (SSSR count). The SMILES string of the molecule is CC(O)C(N)C(=O)c1ncc2[nH]cnc2n1. The molecule has 0 aliphatic heterocycles. The molecular weight excluding hydrogens is 210 g/mol. The van der Waals surface area contributed by atoms with Gasteiger partial charge in [-0.15, -0.1) is 0 Å². The lowest BCUT2D eigenvalue weighted by Crippen LogP contribution is -2.41. The number of aliphatic hydroxyl groups excluding tert-OH is 1. The topological polar surface area (TPSA) is 118 Å². The first-order chi connectivity index (χ1) is 7.59. The van der Waals surface area contributed by atoms with Crippen molar-refractivity contribution >= 4 is 16.9 Å². The molecule has 2 aromatic rings. The lowest BCUT2D eigenvalue weighted by Gasteiger charge is -2.11. The second-order valence-electron chi connectivity index (χ2n) is 3.46. The quantitative estimate of drug-likeness (QED) is 0.586. The Morgan fingerprint density at radius 1 is 1.56 bits per heavy atom. The van der Waals surface area contributed by atoms with Crippen LogP contribution in [0.4, 0.5) is 0 Å². The number of carbonyl (C=O) groups excluding carboxylic acids is 1. The van der Waals surface area contributed by atoms with Gasteiger partial charge in [-0.25, -0.2) is 15.0 Å². The Labute approximate surface area is 90.7 Å². The Hall–Kier alpha value is -1.86. The van der Waals surface area contributed by atoms with E-state index in [9.17, 15) is 9.90 Å². The number of aromatic nitrogens is 4. The van der Waals surface area contributed by atoms with Crippen LogP contribution in [-0.2, 0) is 0 Å². The number of hydrogen-bond donors (Lipinski definition) is 3. The van der Waals surface area contributed by atoms with E-state index < -0.39 is 17.9 Å². The summed E-state index contributed by atoms with van der Waals surface area (Å²) >= 11 is 0. The number of imidazole rings is 1. The molecule has 0 spiro atoms. The van der Waals surface area contributed by atoms with Gasteiger partial charge in [-0.05, 0) is 6.92 Å². The van der Waals surface area contributed by atoms with Crippen LogP contribution >= 0.6 is 0 Å². The maximum atomic E-state index is 11.7. The highest BCUT2D eigenvalue weighted by atomic mass is 16.3. The molecule has 7 heteroatoms. The van der Waals surface area contributed by atoms with Crippen LogP contribution in [0.5, 0.6) is 0 Å². The third kappa shape index (κ3) is 1.77. The molecule has 2 aromatic heterocycles. The van der Waals surface area contributed by atoms with Crippen molar-refractivity contribution in [2.45, 2.75) is 19.1 Å². The van der Waals surface area contributed by atoms with E-state index in [1.807, 2.05) is 0 Å². The first-order valence-corrected chi connectivity index (χ1v) is 4.73. The molecule has 0 aromatic carbocycles. The van der Waals surface area contributed by atoms with Gasteiger partial charge in [0.15, 0.2) is 11.5 Å². The summed E-state index contributed by atoms with van der Waals surface area (Å²) in [7, 11) is 0. The average molecular weight is 221 g/mol. The number of rotatable bonds is 3. The predicted molar refractivity (Wildman–Crippen MR) is 55.7 cm³/mol. The molecule has 84 valence electrons. The zero-order chi connectivity index (χ0) is 11.7. The van der Waals surface area contributed by atoms with Crippen LogP contribution in [0.15, 0.2) is 12.5 Å². The molecule has 2 atom stereocenters. The highest BCUT2D eigenvalue weighted by Gasteiger charge is 2.23. The molecule has 4 N–H and O–H groups in total. The number of nitrogens with zero attached hydrogens (tertiary/aromatic N) is 3. The summed E-state index contributed by atoms with van der Waals surface area (Å²) in [6.07, 6.45) is 1.98. The van der Waals surface area contributed by atoms with Gasteiger partial charge in [-0.3, -0.25) is 4.79 Å². The van der Waals surface area contributed by atoms with E-state index in [0.717, 1.165) is 0 Å². The molecule has 0 saturated heterocycles. The van der Waals surface area contributed by atoms with Crippen LogP contribution in [0.2, 0.25) is 0 Å². The van der Waals surface area contributed by atoms with E-state index in [1.54, 1.807) is 0 Å². The Morgan fingerprint density at radius 3 is 3.00 bits per heavy atom. The second-order valence-corrected chi connectivity index (χ2v) is 3.46. The van der Waals surface area contributed by atoms with Crippen molar-refractivity contribution in [1.29, 1.82) is 0 Å². The largest absolute Gasteiger partial charge is 0.391 e. The van der Waals surface area contributed by atoms with Gasteiger partial charge in [0, 0.05) is 0 Å². The van der Waals surface area contributed by atoms with Crippen LogP contribution in [0.3, 0.4) is 0 Å².